The zero-order valence-corrected chi connectivity index (χ0v) is 16.2. The maximum Gasteiger partial charge on any atom is 2.00 e. The summed E-state index contributed by atoms with van der Waals surface area (Å²) in [7, 11) is 0. The third-order valence-electron chi connectivity index (χ3n) is 4.07. The van der Waals surface area contributed by atoms with E-state index in [0.29, 0.717) is 6.54 Å². The predicted molar refractivity (Wildman–Crippen MR) is 80.3 cm³/mol. The first-order chi connectivity index (χ1) is 10.3. The molecule has 1 rings (SSSR count). The van der Waals surface area contributed by atoms with E-state index in [1.807, 2.05) is 18.7 Å². The van der Waals surface area contributed by atoms with E-state index in [1.165, 1.54) is 12.8 Å². The first-order valence-corrected chi connectivity index (χ1v) is 7.98. The molecule has 0 aromatic rings. The van der Waals surface area contributed by atoms with E-state index in [0.717, 1.165) is 25.9 Å². The second kappa shape index (κ2) is 13.9. The monoisotopic (exact) mass is 510 g/mol. The molecule has 0 aromatic heterocycles. The molecule has 0 heterocycles. The van der Waals surface area contributed by atoms with E-state index in [2.05, 4.69) is 0 Å². The Morgan fingerprint density at radius 1 is 1.04 bits per heavy atom. The average molecular weight is 510 g/mol. The minimum atomic E-state index is -1.57. The Labute approximate surface area is 153 Å². The van der Waals surface area contributed by atoms with Gasteiger partial charge in [0.05, 0.1) is 11.9 Å². The van der Waals surface area contributed by atoms with E-state index in [1.54, 1.807) is 0 Å². The molecule has 0 saturated heterocycles. The van der Waals surface area contributed by atoms with Crippen LogP contribution < -0.4 is 21.7 Å². The molecule has 0 amide bonds. The molecular weight excluding hydrogens is 481 g/mol. The fourth-order valence-electron chi connectivity index (χ4n) is 2.37. The third-order valence-corrected chi connectivity index (χ3v) is 4.07. The minimum absolute atomic E-state index is 0. The number of aliphatic carboxylic acids is 2. The van der Waals surface area contributed by atoms with Crippen LogP contribution in [0.4, 0.5) is 0 Å². The van der Waals surface area contributed by atoms with Gasteiger partial charge in [0.2, 0.25) is 0 Å². The molecular formula is C15H29N3O4Pt. The number of hydrogen-bond acceptors (Lipinski definition) is 7. The van der Waals surface area contributed by atoms with Crippen molar-refractivity contribution in [3.63, 3.8) is 0 Å². The summed E-state index contributed by atoms with van der Waals surface area (Å²) < 4.78 is 0. The van der Waals surface area contributed by atoms with Gasteiger partial charge in [0.25, 0.3) is 0 Å². The summed E-state index contributed by atoms with van der Waals surface area (Å²) in [5, 5.41) is 20.8. The Kier molecular flexibility index (Phi) is 15.0. The number of carbonyl (C=O) groups is 2. The normalized spacial score (nSPS) is 20.4. The summed E-state index contributed by atoms with van der Waals surface area (Å²) in [4.78, 5) is 22.7. The second-order valence-electron chi connectivity index (χ2n) is 5.62. The molecule has 0 radical (unpaired) electrons. The van der Waals surface area contributed by atoms with Crippen LogP contribution in [0.3, 0.4) is 0 Å². The Hall–Kier alpha value is -0.492. The van der Waals surface area contributed by atoms with Crippen molar-refractivity contribution < 1.29 is 40.9 Å². The number of nitrogens with two attached hydrogens (primary N) is 2. The van der Waals surface area contributed by atoms with Crippen molar-refractivity contribution in [2.75, 3.05) is 19.6 Å². The maximum atomic E-state index is 10.4. The van der Waals surface area contributed by atoms with Crippen LogP contribution >= 0.6 is 0 Å². The van der Waals surface area contributed by atoms with Crippen molar-refractivity contribution in [3.8, 4) is 0 Å². The number of carbonyl (C=O) groups excluding carboxylic acids is 2. The summed E-state index contributed by atoms with van der Waals surface area (Å²) >= 11 is 0. The summed E-state index contributed by atoms with van der Waals surface area (Å²) in [5.41, 5.74) is 11.3. The molecule has 138 valence electrons. The number of rotatable bonds is 7. The molecule has 0 spiro atoms. The predicted octanol–water partition coefficient (Wildman–Crippen LogP) is -1.95. The fourth-order valence-corrected chi connectivity index (χ4v) is 2.37. The van der Waals surface area contributed by atoms with Gasteiger partial charge in [0.1, 0.15) is 0 Å². The van der Waals surface area contributed by atoms with Crippen LogP contribution in [0.25, 0.3) is 0 Å². The van der Waals surface area contributed by atoms with Crippen molar-refractivity contribution in [1.29, 1.82) is 0 Å². The van der Waals surface area contributed by atoms with Gasteiger partial charge in [-0.2, -0.15) is 0 Å². The van der Waals surface area contributed by atoms with Crippen molar-refractivity contribution >= 4 is 11.9 Å². The van der Waals surface area contributed by atoms with Crippen molar-refractivity contribution in [2.24, 2.45) is 17.4 Å². The van der Waals surface area contributed by atoms with E-state index >= 15 is 0 Å². The molecule has 1 aliphatic rings. The van der Waals surface area contributed by atoms with Gasteiger partial charge in [-0.15, -0.1) is 0 Å². The molecule has 0 bridgehead atoms. The number of carboxylic acids is 2. The van der Waals surface area contributed by atoms with Gasteiger partial charge in [-0.3, -0.25) is 0 Å². The molecule has 2 atom stereocenters. The molecule has 7 nitrogen and oxygen atoms in total. The zero-order chi connectivity index (χ0) is 17.1. The van der Waals surface area contributed by atoms with Gasteiger partial charge in [0, 0.05) is 18.0 Å². The van der Waals surface area contributed by atoms with E-state index in [9.17, 15) is 19.8 Å². The smallest absolute Gasteiger partial charge is 0.549 e. The van der Waals surface area contributed by atoms with Crippen molar-refractivity contribution in [1.82, 2.24) is 4.90 Å². The molecule has 1 saturated carbocycles. The van der Waals surface area contributed by atoms with Gasteiger partial charge >= 0.3 is 21.1 Å². The first kappa shape index (κ1) is 24.8. The third kappa shape index (κ3) is 10.8. The largest absolute Gasteiger partial charge is 2.00 e. The molecule has 8 heteroatoms. The standard InChI is InChI=1S/C9H17NO4.C6H14N2.Pt/c1-3-10(4-2)6-5-7(8(11)12)9(13)14;7-5-3-1-2-4-6(5)8;/h7H,3-6H2,1-2H3,(H,11,12)(H,13,14);5-6H,1-4,7-8H2;/q;;+2/p-2. The molecule has 1 aliphatic carbocycles. The molecule has 1 fully saturated rings. The Morgan fingerprint density at radius 2 is 1.43 bits per heavy atom. The van der Waals surface area contributed by atoms with Gasteiger partial charge in [0.15, 0.2) is 0 Å². The van der Waals surface area contributed by atoms with Gasteiger partial charge in [-0.25, -0.2) is 0 Å². The summed E-state index contributed by atoms with van der Waals surface area (Å²) in [6.45, 7) is 5.82. The zero-order valence-electron chi connectivity index (χ0n) is 13.9. The van der Waals surface area contributed by atoms with E-state index in [4.69, 9.17) is 11.5 Å². The average Bonchev–Trinajstić information content (AvgIpc) is 2.46. The topological polar surface area (TPSA) is 136 Å². The van der Waals surface area contributed by atoms with Gasteiger partial charge in [-0.1, -0.05) is 26.7 Å². The Morgan fingerprint density at radius 3 is 1.70 bits per heavy atom. The van der Waals surface area contributed by atoms with Crippen LogP contribution in [-0.4, -0.2) is 48.6 Å². The first-order valence-electron chi connectivity index (χ1n) is 7.98. The fraction of sp³-hybridized carbons (Fsp3) is 0.867. The second-order valence-corrected chi connectivity index (χ2v) is 5.62. The number of nitrogens with zero attached hydrogens (tertiary/aromatic N) is 1. The summed E-state index contributed by atoms with van der Waals surface area (Å²) in [6.07, 6.45) is 4.83. The maximum absolute atomic E-state index is 10.4. The molecule has 2 unspecified atom stereocenters. The summed E-state index contributed by atoms with van der Waals surface area (Å²) in [6, 6.07) is 0.562. The van der Waals surface area contributed by atoms with E-state index in [-0.39, 0.29) is 39.6 Å². The molecule has 0 aromatic carbocycles. The van der Waals surface area contributed by atoms with Crippen LogP contribution in [0.15, 0.2) is 0 Å². The van der Waals surface area contributed by atoms with E-state index < -0.39 is 17.9 Å². The van der Waals surface area contributed by atoms with Gasteiger partial charge in [-0.05, 0) is 38.9 Å². The SMILES string of the molecule is CCN(CC)CCC(C(=O)[O-])C(=O)[O-].NC1CCCCC1N.[Pt+2]. The van der Waals surface area contributed by atoms with Crippen molar-refractivity contribution in [3.05, 3.63) is 0 Å². The van der Waals surface area contributed by atoms with Crippen LogP contribution in [0.1, 0.15) is 46.0 Å². The van der Waals surface area contributed by atoms with Crippen LogP contribution in [0, 0.1) is 5.92 Å². The molecule has 4 N–H and O–H groups in total. The Balaban J connectivity index is 0. The Bertz CT molecular complexity index is 317. The molecule has 23 heavy (non-hydrogen) atoms. The quantitative estimate of drug-likeness (QED) is 0.380. The van der Waals surface area contributed by atoms with Crippen LogP contribution in [-0.2, 0) is 30.7 Å². The minimum Gasteiger partial charge on any atom is -0.549 e. The summed E-state index contributed by atoms with van der Waals surface area (Å²) in [5.74, 6) is -4.65. The van der Waals surface area contributed by atoms with Gasteiger partial charge < -0.3 is 36.2 Å². The number of carboxylic acid groups (broad SMARTS) is 2. The van der Waals surface area contributed by atoms with Crippen LogP contribution in [0.2, 0.25) is 0 Å². The number of hydrogen-bond donors (Lipinski definition) is 2. The molecule has 0 aliphatic heterocycles. The van der Waals surface area contributed by atoms with Crippen molar-refractivity contribution in [2.45, 2.75) is 58.0 Å². The van der Waals surface area contributed by atoms with Crippen LogP contribution in [0.5, 0.6) is 0 Å².